The Morgan fingerprint density at radius 1 is 1.39 bits per heavy atom. The van der Waals surface area contributed by atoms with E-state index in [1.54, 1.807) is 42.5 Å². The highest BCUT2D eigenvalue weighted by molar-refractivity contribution is 9.10. The maximum Gasteiger partial charge on any atom is 0.254 e. The summed E-state index contributed by atoms with van der Waals surface area (Å²) in [5.41, 5.74) is 1.77. The van der Waals surface area contributed by atoms with Crippen LogP contribution >= 0.6 is 27.3 Å². The molecule has 0 aliphatic heterocycles. The number of carbonyl (C=O) groups is 1. The fraction of sp³-hybridized carbons (Fsp3) is 0.353. The first kappa shape index (κ1) is 17.8. The third-order valence-electron chi connectivity index (χ3n) is 3.46. The highest BCUT2D eigenvalue weighted by Gasteiger charge is 2.18. The number of benzene rings is 1. The molecule has 0 fully saturated rings. The SMILES string of the molecule is CCOc1c(Br)cc(C(=O)N(C)Cc2sccc2C)cc1OC. The monoisotopic (exact) mass is 397 g/mol. The summed E-state index contributed by atoms with van der Waals surface area (Å²) in [5.74, 6) is 1.11. The van der Waals surface area contributed by atoms with Gasteiger partial charge in [-0.05, 0) is 58.9 Å². The number of amides is 1. The lowest BCUT2D eigenvalue weighted by atomic mass is 10.1. The van der Waals surface area contributed by atoms with E-state index in [0.717, 1.165) is 0 Å². The molecule has 0 saturated carbocycles. The second-order valence-electron chi connectivity index (χ2n) is 5.11. The maximum absolute atomic E-state index is 12.7. The van der Waals surface area contributed by atoms with Crippen molar-refractivity contribution in [1.29, 1.82) is 0 Å². The Balaban J connectivity index is 2.25. The number of thiophene rings is 1. The summed E-state index contributed by atoms with van der Waals surface area (Å²) >= 11 is 5.12. The predicted molar refractivity (Wildman–Crippen MR) is 96.7 cm³/mol. The van der Waals surface area contributed by atoms with Crippen LogP contribution in [0.2, 0.25) is 0 Å². The predicted octanol–water partition coefficient (Wildman–Crippen LogP) is 4.50. The van der Waals surface area contributed by atoms with Gasteiger partial charge in [-0.2, -0.15) is 0 Å². The number of hydrogen-bond acceptors (Lipinski definition) is 4. The number of hydrogen-bond donors (Lipinski definition) is 0. The van der Waals surface area contributed by atoms with E-state index in [2.05, 4.69) is 28.9 Å². The zero-order chi connectivity index (χ0) is 17.0. The zero-order valence-electron chi connectivity index (χ0n) is 13.7. The van der Waals surface area contributed by atoms with Crippen LogP contribution in [0.3, 0.4) is 0 Å². The fourth-order valence-corrected chi connectivity index (χ4v) is 3.72. The van der Waals surface area contributed by atoms with Gasteiger partial charge in [0.25, 0.3) is 5.91 Å². The van der Waals surface area contributed by atoms with E-state index in [-0.39, 0.29) is 5.91 Å². The van der Waals surface area contributed by atoms with Gasteiger partial charge in [0, 0.05) is 17.5 Å². The van der Waals surface area contributed by atoms with E-state index >= 15 is 0 Å². The minimum atomic E-state index is -0.0557. The van der Waals surface area contributed by atoms with Gasteiger partial charge < -0.3 is 14.4 Å². The molecule has 2 rings (SSSR count). The number of ether oxygens (including phenoxy) is 2. The van der Waals surface area contributed by atoms with Crippen molar-refractivity contribution >= 4 is 33.2 Å². The van der Waals surface area contributed by atoms with Gasteiger partial charge in [0.2, 0.25) is 0 Å². The van der Waals surface area contributed by atoms with Crippen molar-refractivity contribution < 1.29 is 14.3 Å². The topological polar surface area (TPSA) is 38.8 Å². The second-order valence-corrected chi connectivity index (χ2v) is 6.97. The van der Waals surface area contributed by atoms with Gasteiger partial charge in [0.05, 0.1) is 24.7 Å². The van der Waals surface area contributed by atoms with E-state index in [0.29, 0.717) is 34.7 Å². The number of methoxy groups -OCH3 is 1. The Kier molecular flexibility index (Phi) is 6.07. The third-order valence-corrected chi connectivity index (χ3v) is 5.06. The van der Waals surface area contributed by atoms with Gasteiger partial charge in [-0.25, -0.2) is 0 Å². The van der Waals surface area contributed by atoms with Gasteiger partial charge in [-0.15, -0.1) is 11.3 Å². The van der Waals surface area contributed by atoms with Crippen LogP contribution in [0.1, 0.15) is 27.7 Å². The number of rotatable bonds is 6. The molecule has 0 spiro atoms. The number of halogens is 1. The Bertz CT molecular complexity index is 699. The van der Waals surface area contributed by atoms with Crippen LogP contribution in [0.25, 0.3) is 0 Å². The Morgan fingerprint density at radius 2 is 2.13 bits per heavy atom. The standard InChI is InChI=1S/C17H20BrNO3S/c1-5-22-16-13(18)8-12(9-14(16)21-4)17(20)19(3)10-15-11(2)6-7-23-15/h6-9H,5,10H2,1-4H3. The van der Waals surface area contributed by atoms with Crippen molar-refractivity contribution in [2.75, 3.05) is 20.8 Å². The smallest absolute Gasteiger partial charge is 0.254 e. The molecule has 2 aromatic rings. The number of carbonyl (C=O) groups excluding carboxylic acids is 1. The normalized spacial score (nSPS) is 10.5. The van der Waals surface area contributed by atoms with Crippen molar-refractivity contribution in [1.82, 2.24) is 4.90 Å². The average Bonchev–Trinajstić information content (AvgIpc) is 2.93. The van der Waals surface area contributed by atoms with Crippen molar-refractivity contribution in [3.63, 3.8) is 0 Å². The lowest BCUT2D eigenvalue weighted by Crippen LogP contribution is -2.26. The summed E-state index contributed by atoms with van der Waals surface area (Å²) in [5, 5.41) is 2.04. The zero-order valence-corrected chi connectivity index (χ0v) is 16.1. The molecule has 1 aromatic carbocycles. The minimum absolute atomic E-state index is 0.0557. The van der Waals surface area contributed by atoms with Crippen molar-refractivity contribution in [2.24, 2.45) is 0 Å². The van der Waals surface area contributed by atoms with Crippen molar-refractivity contribution in [3.05, 3.63) is 44.1 Å². The van der Waals surface area contributed by atoms with Gasteiger partial charge in [0.1, 0.15) is 0 Å². The summed E-state index contributed by atoms with van der Waals surface area (Å²) in [4.78, 5) is 15.6. The minimum Gasteiger partial charge on any atom is -0.493 e. The fourth-order valence-electron chi connectivity index (χ4n) is 2.20. The van der Waals surface area contributed by atoms with Crippen LogP contribution in [0, 0.1) is 6.92 Å². The molecule has 0 bridgehead atoms. The Hall–Kier alpha value is -1.53. The van der Waals surface area contributed by atoms with E-state index in [9.17, 15) is 4.79 Å². The third kappa shape index (κ3) is 4.06. The van der Waals surface area contributed by atoms with E-state index in [4.69, 9.17) is 9.47 Å². The first-order valence-corrected chi connectivity index (χ1v) is 8.94. The summed E-state index contributed by atoms with van der Waals surface area (Å²) in [6, 6.07) is 5.55. The van der Waals surface area contributed by atoms with Crippen molar-refractivity contribution in [2.45, 2.75) is 20.4 Å². The summed E-state index contributed by atoms with van der Waals surface area (Å²) in [7, 11) is 3.37. The largest absolute Gasteiger partial charge is 0.493 e. The molecule has 6 heteroatoms. The maximum atomic E-state index is 12.7. The molecule has 0 saturated heterocycles. The molecule has 1 heterocycles. The number of nitrogens with zero attached hydrogens (tertiary/aromatic N) is 1. The molecule has 0 N–H and O–H groups in total. The molecule has 0 aliphatic rings. The first-order valence-electron chi connectivity index (χ1n) is 7.26. The first-order chi connectivity index (χ1) is 11.0. The van der Waals surface area contributed by atoms with E-state index in [1.807, 2.05) is 12.3 Å². The van der Waals surface area contributed by atoms with Crippen LogP contribution in [-0.4, -0.2) is 31.6 Å². The highest BCUT2D eigenvalue weighted by Crippen LogP contribution is 2.37. The lowest BCUT2D eigenvalue weighted by Gasteiger charge is -2.19. The summed E-state index contributed by atoms with van der Waals surface area (Å²) < 4.78 is 11.6. The average molecular weight is 398 g/mol. The molecular weight excluding hydrogens is 378 g/mol. The lowest BCUT2D eigenvalue weighted by molar-refractivity contribution is 0.0786. The van der Waals surface area contributed by atoms with Crippen LogP contribution < -0.4 is 9.47 Å². The molecule has 4 nitrogen and oxygen atoms in total. The quantitative estimate of drug-likeness (QED) is 0.719. The molecule has 0 radical (unpaired) electrons. The van der Waals surface area contributed by atoms with Crippen LogP contribution in [0.15, 0.2) is 28.1 Å². The van der Waals surface area contributed by atoms with Gasteiger partial charge in [-0.3, -0.25) is 4.79 Å². The molecular formula is C17H20BrNO3S. The van der Waals surface area contributed by atoms with Gasteiger partial charge in [0.15, 0.2) is 11.5 Å². The van der Waals surface area contributed by atoms with Gasteiger partial charge >= 0.3 is 0 Å². The summed E-state index contributed by atoms with van der Waals surface area (Å²) in [6.07, 6.45) is 0. The molecule has 1 aromatic heterocycles. The Morgan fingerprint density at radius 3 is 2.70 bits per heavy atom. The number of aryl methyl sites for hydroxylation is 1. The molecule has 0 atom stereocenters. The van der Waals surface area contributed by atoms with E-state index < -0.39 is 0 Å². The highest BCUT2D eigenvalue weighted by atomic mass is 79.9. The van der Waals surface area contributed by atoms with Crippen LogP contribution in [0.5, 0.6) is 11.5 Å². The molecule has 0 aliphatic carbocycles. The van der Waals surface area contributed by atoms with Gasteiger partial charge in [-0.1, -0.05) is 0 Å². The summed E-state index contributed by atoms with van der Waals surface area (Å²) in [6.45, 7) is 5.08. The molecule has 23 heavy (non-hydrogen) atoms. The Labute approximate surface area is 149 Å². The molecule has 0 unspecified atom stereocenters. The van der Waals surface area contributed by atoms with Crippen LogP contribution in [0.4, 0.5) is 0 Å². The molecule has 1 amide bonds. The molecule has 124 valence electrons. The van der Waals surface area contributed by atoms with Crippen LogP contribution in [-0.2, 0) is 6.54 Å². The van der Waals surface area contributed by atoms with Crippen molar-refractivity contribution in [3.8, 4) is 11.5 Å². The van der Waals surface area contributed by atoms with E-state index in [1.165, 1.54) is 10.4 Å². The second kappa shape index (κ2) is 7.84.